The fraction of sp³-hybridized carbons (Fsp3) is 0.474. The molecule has 0 radical (unpaired) electrons. The zero-order valence-corrected chi connectivity index (χ0v) is 16.5. The van der Waals surface area contributed by atoms with Crippen LogP contribution in [-0.4, -0.2) is 64.3 Å². The highest BCUT2D eigenvalue weighted by Gasteiger charge is 2.23. The number of pyridine rings is 1. The van der Waals surface area contributed by atoms with E-state index in [1.165, 1.54) is 0 Å². The lowest BCUT2D eigenvalue weighted by Crippen LogP contribution is -2.48. The number of aryl methyl sites for hydroxylation is 1. The van der Waals surface area contributed by atoms with Gasteiger partial charge >= 0.3 is 6.03 Å². The first kappa shape index (κ1) is 19.3. The zero-order valence-electron chi connectivity index (χ0n) is 16.5. The number of hydrogen-bond donors (Lipinski definition) is 4. The Labute approximate surface area is 169 Å². The Morgan fingerprint density at radius 2 is 2.00 bits per heavy atom. The van der Waals surface area contributed by atoms with E-state index in [0.29, 0.717) is 43.3 Å². The predicted octanol–water partition coefficient (Wildman–Crippen LogP) is -0.172. The van der Waals surface area contributed by atoms with Gasteiger partial charge in [0.25, 0.3) is 5.91 Å². The Morgan fingerprint density at radius 1 is 1.17 bits per heavy atom. The molecule has 2 aromatic rings. The van der Waals surface area contributed by atoms with E-state index in [2.05, 4.69) is 31.3 Å². The number of nitrogens with zero attached hydrogens (tertiary/aromatic N) is 4. The maximum absolute atomic E-state index is 12.6. The van der Waals surface area contributed by atoms with E-state index < -0.39 is 0 Å². The third kappa shape index (κ3) is 4.38. The molecule has 1 saturated heterocycles. The minimum atomic E-state index is -0.205. The topological polar surface area (TPSA) is 116 Å². The Hall–Kier alpha value is -2.98. The minimum absolute atomic E-state index is 0.122. The van der Waals surface area contributed by atoms with E-state index in [-0.39, 0.29) is 11.9 Å². The van der Waals surface area contributed by atoms with Gasteiger partial charge in [0.2, 0.25) is 0 Å². The summed E-state index contributed by atoms with van der Waals surface area (Å²) in [7, 11) is 1.87. The van der Waals surface area contributed by atoms with Gasteiger partial charge < -0.3 is 26.2 Å². The molecule has 10 nitrogen and oxygen atoms in total. The molecule has 2 aromatic heterocycles. The van der Waals surface area contributed by atoms with Crippen LogP contribution in [0.2, 0.25) is 0 Å². The molecule has 1 fully saturated rings. The number of amides is 3. The molecule has 29 heavy (non-hydrogen) atoms. The van der Waals surface area contributed by atoms with Crippen molar-refractivity contribution in [3.05, 3.63) is 41.0 Å². The van der Waals surface area contributed by atoms with Gasteiger partial charge in [-0.1, -0.05) is 0 Å². The molecular weight excluding hydrogens is 372 g/mol. The first-order chi connectivity index (χ1) is 14.1. The van der Waals surface area contributed by atoms with Gasteiger partial charge in [0, 0.05) is 64.0 Å². The van der Waals surface area contributed by atoms with Gasteiger partial charge in [0.15, 0.2) is 5.69 Å². The molecule has 0 spiro atoms. The predicted molar refractivity (Wildman–Crippen MR) is 107 cm³/mol. The molecule has 0 unspecified atom stereocenters. The van der Waals surface area contributed by atoms with Crippen LogP contribution in [0.4, 0.5) is 10.5 Å². The van der Waals surface area contributed by atoms with Crippen molar-refractivity contribution in [3.8, 4) is 0 Å². The first-order valence-electron chi connectivity index (χ1n) is 9.87. The molecule has 10 heteroatoms. The molecule has 0 aliphatic carbocycles. The highest BCUT2D eigenvalue weighted by atomic mass is 16.2. The minimum Gasteiger partial charge on any atom is -0.345 e. The second-order valence-corrected chi connectivity index (χ2v) is 7.21. The van der Waals surface area contributed by atoms with Crippen LogP contribution < -0.4 is 21.3 Å². The van der Waals surface area contributed by atoms with E-state index in [1.54, 1.807) is 27.9 Å². The van der Waals surface area contributed by atoms with Gasteiger partial charge in [-0.3, -0.25) is 14.5 Å². The number of aromatic nitrogens is 3. The summed E-state index contributed by atoms with van der Waals surface area (Å²) in [4.78, 5) is 30.9. The van der Waals surface area contributed by atoms with Gasteiger partial charge in [0.1, 0.15) is 0 Å². The normalized spacial score (nSPS) is 16.2. The Kier molecular flexibility index (Phi) is 5.72. The van der Waals surface area contributed by atoms with Gasteiger partial charge in [-0.15, -0.1) is 0 Å². The molecule has 0 bridgehead atoms. The Morgan fingerprint density at radius 3 is 2.76 bits per heavy atom. The quantitative estimate of drug-likeness (QED) is 0.568. The van der Waals surface area contributed by atoms with Crippen LogP contribution >= 0.6 is 0 Å². The highest BCUT2D eigenvalue weighted by Crippen LogP contribution is 2.17. The number of hydrogen-bond acceptors (Lipinski definition) is 6. The molecule has 0 atom stereocenters. The highest BCUT2D eigenvalue weighted by molar-refractivity contribution is 5.94. The Balaban J connectivity index is 1.32. The molecule has 0 aromatic carbocycles. The van der Waals surface area contributed by atoms with Crippen molar-refractivity contribution in [1.82, 2.24) is 35.6 Å². The van der Waals surface area contributed by atoms with Crippen LogP contribution in [-0.2, 0) is 26.6 Å². The Bertz CT molecular complexity index is 886. The van der Waals surface area contributed by atoms with Crippen LogP contribution in [0.1, 0.15) is 27.4 Å². The first-order valence-corrected chi connectivity index (χ1v) is 9.87. The summed E-state index contributed by atoms with van der Waals surface area (Å²) >= 11 is 0. The third-order valence-corrected chi connectivity index (χ3v) is 5.24. The largest absolute Gasteiger partial charge is 0.345 e. The molecule has 4 N–H and O–H groups in total. The van der Waals surface area contributed by atoms with Crippen molar-refractivity contribution in [2.75, 3.05) is 38.0 Å². The van der Waals surface area contributed by atoms with Crippen molar-refractivity contribution in [3.63, 3.8) is 0 Å². The number of carbonyl (C=O) groups excluding carboxylic acids is 2. The van der Waals surface area contributed by atoms with Gasteiger partial charge in [-0.05, 0) is 12.1 Å². The van der Waals surface area contributed by atoms with E-state index in [1.807, 2.05) is 7.05 Å². The summed E-state index contributed by atoms with van der Waals surface area (Å²) in [6.07, 6.45) is 2.48. The number of nitrogens with one attached hydrogen (secondary N) is 4. The molecule has 0 saturated carbocycles. The molecule has 2 aliphatic heterocycles. The fourth-order valence-electron chi connectivity index (χ4n) is 3.63. The summed E-state index contributed by atoms with van der Waals surface area (Å²) in [5.74, 6) is -0.205. The average molecular weight is 398 g/mol. The molecule has 2 aliphatic rings. The van der Waals surface area contributed by atoms with Crippen molar-refractivity contribution in [2.45, 2.75) is 19.5 Å². The lowest BCUT2D eigenvalue weighted by molar-refractivity contribution is 0.0943. The zero-order chi connectivity index (χ0) is 20.2. The smallest absolute Gasteiger partial charge is 0.321 e. The molecule has 154 valence electrons. The number of urea groups is 1. The lowest BCUT2D eigenvalue weighted by Gasteiger charge is -2.27. The van der Waals surface area contributed by atoms with Crippen LogP contribution in [0.25, 0.3) is 0 Å². The number of anilines is 1. The van der Waals surface area contributed by atoms with Crippen LogP contribution in [0.5, 0.6) is 0 Å². The summed E-state index contributed by atoms with van der Waals surface area (Å²) in [5.41, 5.74) is 3.89. The number of piperazine rings is 1. The SMILES string of the molecule is Cn1nc(C(=O)NCc2ccc(NC(=O)N3CCNCC3)cn2)c2c1CCNC2. The van der Waals surface area contributed by atoms with Crippen molar-refractivity contribution in [1.29, 1.82) is 0 Å². The lowest BCUT2D eigenvalue weighted by atomic mass is 10.1. The molecule has 3 amide bonds. The third-order valence-electron chi connectivity index (χ3n) is 5.24. The van der Waals surface area contributed by atoms with Gasteiger partial charge in [-0.2, -0.15) is 5.10 Å². The van der Waals surface area contributed by atoms with Gasteiger partial charge in [-0.25, -0.2) is 4.79 Å². The van der Waals surface area contributed by atoms with Crippen molar-refractivity contribution in [2.24, 2.45) is 7.05 Å². The van der Waals surface area contributed by atoms with Crippen molar-refractivity contribution >= 4 is 17.6 Å². The monoisotopic (exact) mass is 398 g/mol. The second-order valence-electron chi connectivity index (χ2n) is 7.21. The van der Waals surface area contributed by atoms with Crippen molar-refractivity contribution < 1.29 is 9.59 Å². The average Bonchev–Trinajstić information content (AvgIpc) is 3.10. The number of carbonyl (C=O) groups is 2. The molecule has 4 rings (SSSR count). The number of rotatable bonds is 4. The van der Waals surface area contributed by atoms with Crippen LogP contribution in [0.3, 0.4) is 0 Å². The van der Waals surface area contributed by atoms with E-state index in [0.717, 1.165) is 37.3 Å². The second kappa shape index (κ2) is 8.58. The summed E-state index contributed by atoms with van der Waals surface area (Å²) in [6.45, 7) is 4.84. The van der Waals surface area contributed by atoms with E-state index in [4.69, 9.17) is 0 Å². The standard InChI is InChI=1S/C19H26N8O2/c1-26-16-4-5-21-12-15(16)17(25-26)18(28)23-10-13-2-3-14(11-22-13)24-19(29)27-8-6-20-7-9-27/h2-3,11,20-21H,4-10,12H2,1H3,(H,23,28)(H,24,29). The fourth-order valence-corrected chi connectivity index (χ4v) is 3.63. The van der Waals surface area contributed by atoms with Gasteiger partial charge in [0.05, 0.1) is 24.1 Å². The maximum Gasteiger partial charge on any atom is 0.321 e. The number of fused-ring (bicyclic) bond motifs is 1. The summed E-state index contributed by atoms with van der Waals surface area (Å²) < 4.78 is 1.79. The molecular formula is C19H26N8O2. The summed E-state index contributed by atoms with van der Waals surface area (Å²) in [6, 6.07) is 3.47. The van der Waals surface area contributed by atoms with E-state index in [9.17, 15) is 9.59 Å². The summed E-state index contributed by atoms with van der Waals surface area (Å²) in [5, 5.41) is 16.6. The maximum atomic E-state index is 12.6. The van der Waals surface area contributed by atoms with E-state index >= 15 is 0 Å². The van der Waals surface area contributed by atoms with Crippen LogP contribution in [0.15, 0.2) is 18.3 Å². The molecule has 4 heterocycles. The van der Waals surface area contributed by atoms with Crippen LogP contribution in [0, 0.1) is 0 Å².